The summed E-state index contributed by atoms with van der Waals surface area (Å²) in [5.41, 5.74) is 0. The van der Waals surface area contributed by atoms with Crippen LogP contribution in [0.15, 0.2) is 0 Å². The molecule has 3 heteroatoms. The van der Waals surface area contributed by atoms with Gasteiger partial charge in [0, 0.05) is 25.1 Å². The summed E-state index contributed by atoms with van der Waals surface area (Å²) >= 11 is 5.72. The summed E-state index contributed by atoms with van der Waals surface area (Å²) < 4.78 is 5.20. The number of alkyl halides is 1. The van der Waals surface area contributed by atoms with Crippen LogP contribution in [0.25, 0.3) is 0 Å². The minimum atomic E-state index is 0.475. The van der Waals surface area contributed by atoms with Crippen molar-refractivity contribution in [2.75, 3.05) is 25.6 Å². The normalized spacial score (nSPS) is 16.0. The van der Waals surface area contributed by atoms with Crippen molar-refractivity contribution >= 4 is 11.6 Å². The topological polar surface area (TPSA) is 21.3 Å². The predicted octanol–water partition coefficient (Wildman–Crippen LogP) is 1.88. The first kappa shape index (κ1) is 12.2. The van der Waals surface area contributed by atoms with Crippen molar-refractivity contribution in [3.63, 3.8) is 0 Å². The second kappa shape index (κ2) is 7.84. The van der Waals surface area contributed by atoms with Gasteiger partial charge < -0.3 is 10.1 Å². The van der Waals surface area contributed by atoms with Gasteiger partial charge in [-0.25, -0.2) is 0 Å². The van der Waals surface area contributed by atoms with Crippen LogP contribution in [0.1, 0.15) is 20.8 Å². The Balaban J connectivity index is 3.24. The molecule has 0 saturated carbocycles. The fourth-order valence-electron chi connectivity index (χ4n) is 0.838. The molecule has 0 amide bonds. The first-order valence-electron chi connectivity index (χ1n) is 4.59. The van der Waals surface area contributed by atoms with Crippen molar-refractivity contribution in [3.8, 4) is 0 Å². The van der Waals surface area contributed by atoms with E-state index in [1.165, 1.54) is 0 Å². The molecule has 1 N–H and O–H groups in total. The highest BCUT2D eigenvalue weighted by molar-refractivity contribution is 6.18. The lowest BCUT2D eigenvalue weighted by Gasteiger charge is -2.18. The van der Waals surface area contributed by atoms with Gasteiger partial charge in [-0.15, -0.1) is 11.6 Å². The molecule has 0 bridgehead atoms. The standard InChI is InChI=1S/C9H20ClNO/c1-4-12-6-5-11-9(3)8(2)7-10/h8-9,11H,4-7H2,1-3H3. The molecule has 2 nitrogen and oxygen atoms in total. The van der Waals surface area contributed by atoms with Crippen LogP contribution in [0, 0.1) is 5.92 Å². The molecule has 0 saturated heterocycles. The van der Waals surface area contributed by atoms with E-state index in [1.54, 1.807) is 0 Å². The third-order valence-electron chi connectivity index (χ3n) is 2.01. The number of hydrogen-bond acceptors (Lipinski definition) is 2. The molecule has 74 valence electrons. The Hall–Kier alpha value is 0.210. The first-order valence-corrected chi connectivity index (χ1v) is 5.12. The van der Waals surface area contributed by atoms with Gasteiger partial charge in [0.05, 0.1) is 6.61 Å². The van der Waals surface area contributed by atoms with Crippen molar-refractivity contribution in [1.29, 1.82) is 0 Å². The van der Waals surface area contributed by atoms with E-state index in [9.17, 15) is 0 Å². The second-order valence-electron chi connectivity index (χ2n) is 3.07. The van der Waals surface area contributed by atoms with Crippen LogP contribution in [0.5, 0.6) is 0 Å². The highest BCUT2D eigenvalue weighted by Crippen LogP contribution is 2.03. The first-order chi connectivity index (χ1) is 5.72. The van der Waals surface area contributed by atoms with Crippen LogP contribution in [0.3, 0.4) is 0 Å². The highest BCUT2D eigenvalue weighted by atomic mass is 35.5. The molecule has 0 radical (unpaired) electrons. The van der Waals surface area contributed by atoms with Gasteiger partial charge in [0.2, 0.25) is 0 Å². The zero-order valence-corrected chi connectivity index (χ0v) is 9.03. The summed E-state index contributed by atoms with van der Waals surface area (Å²) in [5, 5.41) is 3.36. The van der Waals surface area contributed by atoms with Crippen LogP contribution in [-0.2, 0) is 4.74 Å². The number of nitrogens with one attached hydrogen (secondary N) is 1. The molecule has 0 rings (SSSR count). The van der Waals surface area contributed by atoms with E-state index in [4.69, 9.17) is 16.3 Å². The number of halogens is 1. The molecule has 0 aromatic rings. The quantitative estimate of drug-likeness (QED) is 0.493. The maximum absolute atomic E-state index is 5.72. The second-order valence-corrected chi connectivity index (χ2v) is 3.38. The SMILES string of the molecule is CCOCCNC(C)C(C)CCl. The van der Waals surface area contributed by atoms with Gasteiger partial charge in [-0.3, -0.25) is 0 Å². The largest absolute Gasteiger partial charge is 0.380 e. The van der Waals surface area contributed by atoms with Crippen LogP contribution in [0.2, 0.25) is 0 Å². The molecule has 2 unspecified atom stereocenters. The molecule has 0 aliphatic heterocycles. The van der Waals surface area contributed by atoms with Gasteiger partial charge in [0.1, 0.15) is 0 Å². The van der Waals surface area contributed by atoms with E-state index in [0.717, 1.165) is 19.8 Å². The zero-order valence-electron chi connectivity index (χ0n) is 8.27. The van der Waals surface area contributed by atoms with E-state index in [-0.39, 0.29) is 0 Å². The van der Waals surface area contributed by atoms with Crippen molar-refractivity contribution in [2.45, 2.75) is 26.8 Å². The van der Waals surface area contributed by atoms with Crippen molar-refractivity contribution in [2.24, 2.45) is 5.92 Å². The third-order valence-corrected chi connectivity index (χ3v) is 2.50. The predicted molar refractivity (Wildman–Crippen MR) is 53.8 cm³/mol. The lowest BCUT2D eigenvalue weighted by molar-refractivity contribution is 0.145. The summed E-state index contributed by atoms with van der Waals surface area (Å²) in [5.74, 6) is 1.23. The van der Waals surface area contributed by atoms with E-state index < -0.39 is 0 Å². The van der Waals surface area contributed by atoms with Crippen LogP contribution >= 0.6 is 11.6 Å². The molecule has 0 spiro atoms. The zero-order chi connectivity index (χ0) is 9.40. The smallest absolute Gasteiger partial charge is 0.0590 e. The van der Waals surface area contributed by atoms with Gasteiger partial charge in [-0.05, 0) is 19.8 Å². The maximum Gasteiger partial charge on any atom is 0.0590 e. The Morgan fingerprint density at radius 3 is 2.58 bits per heavy atom. The molecule has 12 heavy (non-hydrogen) atoms. The summed E-state index contributed by atoms with van der Waals surface area (Å²) in [6.45, 7) is 8.79. The average Bonchev–Trinajstić information content (AvgIpc) is 2.10. The molecule has 0 aliphatic carbocycles. The lowest BCUT2D eigenvalue weighted by atomic mass is 10.1. The summed E-state index contributed by atoms with van der Waals surface area (Å²) in [7, 11) is 0. The number of hydrogen-bond donors (Lipinski definition) is 1. The fraction of sp³-hybridized carbons (Fsp3) is 1.00. The van der Waals surface area contributed by atoms with Crippen molar-refractivity contribution in [1.82, 2.24) is 5.32 Å². The number of rotatable bonds is 7. The van der Waals surface area contributed by atoms with E-state index in [1.807, 2.05) is 6.92 Å². The molecule has 0 fully saturated rings. The summed E-state index contributed by atoms with van der Waals surface area (Å²) in [4.78, 5) is 0. The van der Waals surface area contributed by atoms with E-state index in [0.29, 0.717) is 17.8 Å². The minimum absolute atomic E-state index is 0.475. The van der Waals surface area contributed by atoms with Crippen LogP contribution in [0.4, 0.5) is 0 Å². The van der Waals surface area contributed by atoms with Gasteiger partial charge in [0.25, 0.3) is 0 Å². The van der Waals surface area contributed by atoms with E-state index in [2.05, 4.69) is 19.2 Å². The summed E-state index contributed by atoms with van der Waals surface area (Å²) in [6, 6.07) is 0.475. The molecule has 0 aromatic heterocycles. The Morgan fingerprint density at radius 1 is 1.42 bits per heavy atom. The van der Waals surface area contributed by atoms with Gasteiger partial charge in [0.15, 0.2) is 0 Å². The molecule has 0 aromatic carbocycles. The highest BCUT2D eigenvalue weighted by Gasteiger charge is 2.08. The fourth-order valence-corrected chi connectivity index (χ4v) is 1.11. The Bertz CT molecular complexity index is 101. The molecule has 0 heterocycles. The maximum atomic E-state index is 5.72. The Kier molecular flexibility index (Phi) is 7.98. The summed E-state index contributed by atoms with van der Waals surface area (Å²) in [6.07, 6.45) is 0. The average molecular weight is 194 g/mol. The van der Waals surface area contributed by atoms with Crippen molar-refractivity contribution < 1.29 is 4.74 Å². The Morgan fingerprint density at radius 2 is 2.08 bits per heavy atom. The molecular weight excluding hydrogens is 174 g/mol. The van der Waals surface area contributed by atoms with Gasteiger partial charge in [-0.2, -0.15) is 0 Å². The van der Waals surface area contributed by atoms with Crippen LogP contribution < -0.4 is 5.32 Å². The van der Waals surface area contributed by atoms with Crippen LogP contribution in [-0.4, -0.2) is 31.7 Å². The minimum Gasteiger partial charge on any atom is -0.380 e. The molecule has 0 aliphatic rings. The molecular formula is C9H20ClNO. The third kappa shape index (κ3) is 5.81. The number of ether oxygens (including phenoxy) is 1. The van der Waals surface area contributed by atoms with Crippen molar-refractivity contribution in [3.05, 3.63) is 0 Å². The van der Waals surface area contributed by atoms with E-state index >= 15 is 0 Å². The van der Waals surface area contributed by atoms with Gasteiger partial charge >= 0.3 is 0 Å². The lowest BCUT2D eigenvalue weighted by Crippen LogP contribution is -2.35. The van der Waals surface area contributed by atoms with Gasteiger partial charge in [-0.1, -0.05) is 6.92 Å². The molecule has 2 atom stereocenters. The Labute approximate surface area is 80.6 Å². The monoisotopic (exact) mass is 193 g/mol.